The van der Waals surface area contributed by atoms with E-state index in [0.29, 0.717) is 19.1 Å². The number of halogens is 1. The Morgan fingerprint density at radius 3 is 2.77 bits per heavy atom. The highest BCUT2D eigenvalue weighted by molar-refractivity contribution is 14.0. The van der Waals surface area contributed by atoms with Gasteiger partial charge in [0.15, 0.2) is 5.96 Å². The largest absolute Gasteiger partial charge is 0.492 e. The highest BCUT2D eigenvalue weighted by atomic mass is 127. The molecule has 8 heteroatoms. The highest BCUT2D eigenvalue weighted by Gasteiger charge is 2.21. The van der Waals surface area contributed by atoms with Crippen molar-refractivity contribution < 1.29 is 9.47 Å². The minimum Gasteiger partial charge on any atom is -0.492 e. The number of guanidine groups is 1. The second-order valence-electron chi connectivity index (χ2n) is 8.21. The Morgan fingerprint density at radius 2 is 2.07 bits per heavy atom. The van der Waals surface area contributed by atoms with Gasteiger partial charge >= 0.3 is 0 Å². The summed E-state index contributed by atoms with van der Waals surface area (Å²) in [4.78, 5) is 8.95. The number of benzene rings is 1. The van der Waals surface area contributed by atoms with Crippen LogP contribution in [0.2, 0.25) is 0 Å². The van der Waals surface area contributed by atoms with Crippen molar-refractivity contribution in [2.24, 2.45) is 10.9 Å². The third kappa shape index (κ3) is 10.3. The van der Waals surface area contributed by atoms with Gasteiger partial charge in [-0.05, 0) is 26.1 Å². The number of nitrogens with one attached hydrogen (secondary N) is 2. The van der Waals surface area contributed by atoms with Crippen LogP contribution in [0.25, 0.3) is 0 Å². The molecule has 1 fully saturated rings. The first-order chi connectivity index (χ1) is 14.0. The van der Waals surface area contributed by atoms with Crippen LogP contribution in [0.15, 0.2) is 29.3 Å². The minimum atomic E-state index is 0. The lowest BCUT2D eigenvalue weighted by molar-refractivity contribution is -0.0284. The summed E-state index contributed by atoms with van der Waals surface area (Å²) in [7, 11) is 5.89. The zero-order valence-electron chi connectivity index (χ0n) is 19.2. The van der Waals surface area contributed by atoms with Gasteiger partial charge in [0, 0.05) is 51.9 Å². The van der Waals surface area contributed by atoms with Gasteiger partial charge in [-0.15, -0.1) is 24.0 Å². The monoisotopic (exact) mass is 533 g/mol. The zero-order valence-corrected chi connectivity index (χ0v) is 21.5. The van der Waals surface area contributed by atoms with Gasteiger partial charge in [0.05, 0.1) is 12.7 Å². The van der Waals surface area contributed by atoms with Crippen molar-refractivity contribution in [1.82, 2.24) is 20.4 Å². The van der Waals surface area contributed by atoms with E-state index in [1.54, 1.807) is 7.05 Å². The number of para-hydroxylation sites is 1. The predicted molar refractivity (Wildman–Crippen MR) is 135 cm³/mol. The Kier molecular flexibility index (Phi) is 13.3. The molecular weight excluding hydrogens is 493 g/mol. The number of hydrogen-bond acceptors (Lipinski definition) is 5. The Labute approximate surface area is 199 Å². The van der Waals surface area contributed by atoms with Crippen molar-refractivity contribution in [1.29, 1.82) is 0 Å². The van der Waals surface area contributed by atoms with Gasteiger partial charge in [-0.1, -0.05) is 32.0 Å². The maximum Gasteiger partial charge on any atom is 0.191 e. The summed E-state index contributed by atoms with van der Waals surface area (Å²) >= 11 is 0. The van der Waals surface area contributed by atoms with E-state index < -0.39 is 0 Å². The Bertz CT molecular complexity index is 627. The Morgan fingerprint density at radius 1 is 1.30 bits per heavy atom. The molecule has 0 spiro atoms. The van der Waals surface area contributed by atoms with E-state index in [1.165, 1.54) is 0 Å². The van der Waals surface area contributed by atoms with Crippen LogP contribution in [0, 0.1) is 5.92 Å². The number of likely N-dealkylation sites (N-methyl/N-ethyl adjacent to an activating group) is 1. The number of hydrogen-bond donors (Lipinski definition) is 2. The third-order valence-electron chi connectivity index (χ3n) is 4.78. The summed E-state index contributed by atoms with van der Waals surface area (Å²) in [6.45, 7) is 11.4. The number of nitrogens with zero attached hydrogens (tertiary/aromatic N) is 3. The first-order valence-corrected chi connectivity index (χ1v) is 10.6. The van der Waals surface area contributed by atoms with Gasteiger partial charge in [-0.3, -0.25) is 9.89 Å². The lowest BCUT2D eigenvalue weighted by atomic mass is 10.2. The molecule has 172 valence electrons. The molecule has 1 unspecified atom stereocenters. The predicted octanol–water partition coefficient (Wildman–Crippen LogP) is 2.27. The van der Waals surface area contributed by atoms with Crippen LogP contribution in [-0.4, -0.2) is 88.9 Å². The average Bonchev–Trinajstić information content (AvgIpc) is 2.68. The maximum atomic E-state index is 5.94. The molecule has 30 heavy (non-hydrogen) atoms. The van der Waals surface area contributed by atoms with Crippen LogP contribution >= 0.6 is 24.0 Å². The van der Waals surface area contributed by atoms with Crippen molar-refractivity contribution in [3.05, 3.63) is 29.8 Å². The molecule has 7 nitrogen and oxygen atoms in total. The van der Waals surface area contributed by atoms with Crippen LogP contribution in [0.4, 0.5) is 0 Å². The van der Waals surface area contributed by atoms with Crippen LogP contribution in [0.3, 0.4) is 0 Å². The van der Waals surface area contributed by atoms with Gasteiger partial charge in [-0.2, -0.15) is 0 Å². The average molecular weight is 533 g/mol. The molecular formula is C22H40IN5O2. The smallest absolute Gasteiger partial charge is 0.191 e. The van der Waals surface area contributed by atoms with E-state index in [-0.39, 0.29) is 30.1 Å². The van der Waals surface area contributed by atoms with Crippen molar-refractivity contribution in [2.45, 2.75) is 26.5 Å². The normalized spacial score (nSPS) is 17.7. The van der Waals surface area contributed by atoms with Crippen molar-refractivity contribution in [3.8, 4) is 5.75 Å². The molecule has 1 heterocycles. The summed E-state index contributed by atoms with van der Waals surface area (Å²) in [5.41, 5.74) is 1.12. The standard InChI is InChI=1S/C22H39N5O2.HI/c1-18(2)16-27-11-13-28-20(17-27)15-25-22(23-3)24-14-19-8-6-7-9-21(19)29-12-10-26(4)5;/h6-9,18,20H,10-17H2,1-5H3,(H2,23,24,25);1H. The lowest BCUT2D eigenvalue weighted by Crippen LogP contribution is -2.50. The summed E-state index contributed by atoms with van der Waals surface area (Å²) in [6.07, 6.45) is 0.183. The van der Waals surface area contributed by atoms with Crippen LogP contribution in [0.1, 0.15) is 19.4 Å². The van der Waals surface area contributed by atoms with E-state index in [4.69, 9.17) is 9.47 Å². The summed E-state index contributed by atoms with van der Waals surface area (Å²) < 4.78 is 11.9. The molecule has 2 N–H and O–H groups in total. The molecule has 0 radical (unpaired) electrons. The first kappa shape index (κ1) is 26.9. The fourth-order valence-electron chi connectivity index (χ4n) is 3.33. The van der Waals surface area contributed by atoms with Crippen LogP contribution < -0.4 is 15.4 Å². The molecule has 1 aliphatic heterocycles. The molecule has 1 aliphatic rings. The second-order valence-corrected chi connectivity index (χ2v) is 8.21. The number of morpholine rings is 1. The molecule has 0 saturated carbocycles. The fraction of sp³-hybridized carbons (Fsp3) is 0.682. The van der Waals surface area contributed by atoms with Gasteiger partial charge in [0.2, 0.25) is 0 Å². The number of aliphatic imine (C=N–C) groups is 1. The number of rotatable bonds is 10. The fourth-order valence-corrected chi connectivity index (χ4v) is 3.33. The van der Waals surface area contributed by atoms with Crippen molar-refractivity contribution >= 4 is 29.9 Å². The molecule has 0 aliphatic carbocycles. The van der Waals surface area contributed by atoms with Gasteiger partial charge in [0.25, 0.3) is 0 Å². The molecule has 0 amide bonds. The number of ether oxygens (including phenoxy) is 2. The Hall–Kier alpha value is -1.10. The summed E-state index contributed by atoms with van der Waals surface area (Å²) in [5, 5.41) is 6.79. The Balaban J connectivity index is 0.00000450. The molecule has 1 aromatic carbocycles. The van der Waals surface area contributed by atoms with Crippen molar-refractivity contribution in [2.75, 3.05) is 67.1 Å². The summed E-state index contributed by atoms with van der Waals surface area (Å²) in [5.74, 6) is 2.37. The molecule has 1 saturated heterocycles. The van der Waals surface area contributed by atoms with Crippen LogP contribution in [-0.2, 0) is 11.3 Å². The summed E-state index contributed by atoms with van der Waals surface area (Å²) in [6, 6.07) is 8.14. The van der Waals surface area contributed by atoms with Gasteiger partial charge < -0.3 is 25.0 Å². The topological polar surface area (TPSA) is 61.4 Å². The quantitative estimate of drug-likeness (QED) is 0.274. The van der Waals surface area contributed by atoms with E-state index in [1.807, 2.05) is 32.3 Å². The van der Waals surface area contributed by atoms with Gasteiger partial charge in [0.1, 0.15) is 12.4 Å². The molecule has 1 atom stereocenters. The molecule has 1 aromatic rings. The SMILES string of the molecule is CN=C(NCc1ccccc1OCCN(C)C)NCC1CN(CC(C)C)CCO1.I. The molecule has 0 bridgehead atoms. The lowest BCUT2D eigenvalue weighted by Gasteiger charge is -2.34. The van der Waals surface area contributed by atoms with E-state index in [2.05, 4.69) is 45.3 Å². The zero-order chi connectivity index (χ0) is 21.1. The molecule has 0 aromatic heterocycles. The minimum absolute atomic E-state index is 0. The molecule has 2 rings (SSSR count). The van der Waals surface area contributed by atoms with E-state index >= 15 is 0 Å². The van der Waals surface area contributed by atoms with Crippen LogP contribution in [0.5, 0.6) is 5.75 Å². The van der Waals surface area contributed by atoms with E-state index in [9.17, 15) is 0 Å². The maximum absolute atomic E-state index is 5.94. The first-order valence-electron chi connectivity index (χ1n) is 10.6. The van der Waals surface area contributed by atoms with Gasteiger partial charge in [-0.25, -0.2) is 0 Å². The second kappa shape index (κ2) is 14.8. The highest BCUT2D eigenvalue weighted by Crippen LogP contribution is 2.17. The van der Waals surface area contributed by atoms with Crippen molar-refractivity contribution in [3.63, 3.8) is 0 Å². The third-order valence-corrected chi connectivity index (χ3v) is 4.78. The van der Waals surface area contributed by atoms with E-state index in [0.717, 1.165) is 56.6 Å².